The van der Waals surface area contributed by atoms with Gasteiger partial charge in [-0.2, -0.15) is 16.9 Å². The second-order valence-electron chi connectivity index (χ2n) is 4.51. The number of hydrogen-bond donors (Lipinski definition) is 1. The molecule has 1 aliphatic rings. The van der Waals surface area contributed by atoms with E-state index >= 15 is 0 Å². The molecule has 1 unspecified atom stereocenters. The summed E-state index contributed by atoms with van der Waals surface area (Å²) in [6, 6.07) is 2.32. The SMILES string of the molecule is Cn1ncnc1CC(N)c1cc2c(s1)CCSC2. The molecule has 3 rings (SSSR count). The van der Waals surface area contributed by atoms with Crippen molar-refractivity contribution in [2.45, 2.75) is 24.6 Å². The van der Waals surface area contributed by atoms with Gasteiger partial charge in [0.1, 0.15) is 12.2 Å². The first kappa shape index (κ1) is 12.2. The molecule has 0 fully saturated rings. The van der Waals surface area contributed by atoms with Gasteiger partial charge in [0.2, 0.25) is 0 Å². The largest absolute Gasteiger partial charge is 0.323 e. The van der Waals surface area contributed by atoms with Crippen molar-refractivity contribution in [3.63, 3.8) is 0 Å². The van der Waals surface area contributed by atoms with Crippen LogP contribution in [-0.4, -0.2) is 20.5 Å². The first-order valence-corrected chi connectivity index (χ1v) is 7.99. The van der Waals surface area contributed by atoms with E-state index in [-0.39, 0.29) is 6.04 Å². The predicted molar refractivity (Wildman–Crippen MR) is 75.8 cm³/mol. The summed E-state index contributed by atoms with van der Waals surface area (Å²) in [6.45, 7) is 0. The standard InChI is InChI=1S/C12H16N4S2/c1-16-12(14-7-15-16)5-9(13)11-4-8-6-17-3-2-10(8)18-11/h4,7,9H,2-3,5-6,13H2,1H3. The van der Waals surface area contributed by atoms with Crippen LogP contribution in [0.2, 0.25) is 0 Å². The van der Waals surface area contributed by atoms with Crippen molar-refractivity contribution in [3.8, 4) is 0 Å². The Labute approximate surface area is 115 Å². The smallest absolute Gasteiger partial charge is 0.138 e. The van der Waals surface area contributed by atoms with Crippen LogP contribution < -0.4 is 5.73 Å². The molecule has 0 aromatic carbocycles. The Kier molecular flexibility index (Phi) is 3.41. The molecule has 96 valence electrons. The molecule has 0 aliphatic carbocycles. The minimum absolute atomic E-state index is 0.0356. The van der Waals surface area contributed by atoms with E-state index in [0.717, 1.165) is 18.0 Å². The normalized spacial score (nSPS) is 16.6. The van der Waals surface area contributed by atoms with E-state index in [1.165, 1.54) is 27.5 Å². The van der Waals surface area contributed by atoms with Gasteiger partial charge < -0.3 is 5.73 Å². The van der Waals surface area contributed by atoms with Gasteiger partial charge in [0, 0.05) is 35.0 Å². The molecule has 1 aliphatic heterocycles. The van der Waals surface area contributed by atoms with Crippen molar-refractivity contribution >= 4 is 23.1 Å². The van der Waals surface area contributed by atoms with Crippen LogP contribution in [-0.2, 0) is 25.6 Å². The highest BCUT2D eigenvalue weighted by molar-refractivity contribution is 7.98. The Morgan fingerprint density at radius 3 is 3.17 bits per heavy atom. The Morgan fingerprint density at radius 1 is 1.56 bits per heavy atom. The van der Waals surface area contributed by atoms with Gasteiger partial charge >= 0.3 is 0 Å². The van der Waals surface area contributed by atoms with Crippen LogP contribution in [0.15, 0.2) is 12.4 Å². The lowest BCUT2D eigenvalue weighted by molar-refractivity contribution is 0.635. The first-order chi connectivity index (χ1) is 8.74. The zero-order chi connectivity index (χ0) is 12.5. The van der Waals surface area contributed by atoms with Gasteiger partial charge in [0.15, 0.2) is 0 Å². The number of nitrogens with two attached hydrogens (primary N) is 1. The van der Waals surface area contributed by atoms with Crippen LogP contribution in [0.25, 0.3) is 0 Å². The van der Waals surface area contributed by atoms with Crippen molar-refractivity contribution in [2.24, 2.45) is 12.8 Å². The Morgan fingerprint density at radius 2 is 2.44 bits per heavy atom. The average Bonchev–Trinajstić information content (AvgIpc) is 2.96. The molecular weight excluding hydrogens is 264 g/mol. The number of rotatable bonds is 3. The molecule has 0 radical (unpaired) electrons. The van der Waals surface area contributed by atoms with Gasteiger partial charge in [-0.25, -0.2) is 4.98 Å². The molecule has 2 N–H and O–H groups in total. The molecular formula is C12H16N4S2. The quantitative estimate of drug-likeness (QED) is 0.933. The Hall–Kier alpha value is -0.850. The topological polar surface area (TPSA) is 56.7 Å². The molecule has 0 spiro atoms. The summed E-state index contributed by atoms with van der Waals surface area (Å²) < 4.78 is 1.79. The first-order valence-electron chi connectivity index (χ1n) is 6.01. The number of hydrogen-bond acceptors (Lipinski definition) is 5. The van der Waals surface area contributed by atoms with Gasteiger partial charge in [-0.05, 0) is 23.8 Å². The fourth-order valence-electron chi connectivity index (χ4n) is 2.16. The summed E-state index contributed by atoms with van der Waals surface area (Å²) in [5.41, 5.74) is 7.78. The van der Waals surface area contributed by atoms with Crippen molar-refractivity contribution in [1.29, 1.82) is 0 Å². The van der Waals surface area contributed by atoms with Crippen molar-refractivity contribution in [1.82, 2.24) is 14.8 Å². The fourth-order valence-corrected chi connectivity index (χ4v) is 4.53. The lowest BCUT2D eigenvalue weighted by Crippen LogP contribution is -2.14. The summed E-state index contributed by atoms with van der Waals surface area (Å²) in [6.07, 6.45) is 3.53. The second-order valence-corrected chi connectivity index (χ2v) is 6.78. The number of nitrogens with zero attached hydrogens (tertiary/aromatic N) is 3. The molecule has 2 aromatic rings. The summed E-state index contributed by atoms with van der Waals surface area (Å²) in [5.74, 6) is 3.33. The van der Waals surface area contributed by atoms with E-state index in [0.29, 0.717) is 0 Å². The van der Waals surface area contributed by atoms with Gasteiger partial charge in [0.25, 0.3) is 0 Å². The lowest BCUT2D eigenvalue weighted by atomic mass is 10.1. The second kappa shape index (κ2) is 5.03. The molecule has 0 bridgehead atoms. The third kappa shape index (κ3) is 2.32. The summed E-state index contributed by atoms with van der Waals surface area (Å²) >= 11 is 3.89. The van der Waals surface area contributed by atoms with Crippen molar-refractivity contribution < 1.29 is 0 Å². The minimum atomic E-state index is 0.0356. The predicted octanol–water partition coefficient (Wildman–Crippen LogP) is 1.91. The maximum atomic E-state index is 6.29. The molecule has 18 heavy (non-hydrogen) atoms. The van der Waals surface area contributed by atoms with E-state index in [9.17, 15) is 0 Å². The van der Waals surface area contributed by atoms with Crippen LogP contribution in [0, 0.1) is 0 Å². The van der Waals surface area contributed by atoms with E-state index in [2.05, 4.69) is 16.1 Å². The molecule has 3 heterocycles. The lowest BCUT2D eigenvalue weighted by Gasteiger charge is -2.08. The molecule has 2 aromatic heterocycles. The molecule has 0 saturated heterocycles. The molecule has 4 nitrogen and oxygen atoms in total. The van der Waals surface area contributed by atoms with Crippen LogP contribution >= 0.6 is 23.1 Å². The summed E-state index contributed by atoms with van der Waals surface area (Å²) in [4.78, 5) is 7.04. The fraction of sp³-hybridized carbons (Fsp3) is 0.500. The summed E-state index contributed by atoms with van der Waals surface area (Å²) in [7, 11) is 1.91. The molecule has 1 atom stereocenters. The van der Waals surface area contributed by atoms with Crippen molar-refractivity contribution in [3.05, 3.63) is 33.5 Å². The maximum Gasteiger partial charge on any atom is 0.138 e. The van der Waals surface area contributed by atoms with E-state index in [1.54, 1.807) is 11.0 Å². The van der Waals surface area contributed by atoms with Gasteiger partial charge in [-0.1, -0.05) is 0 Å². The van der Waals surface area contributed by atoms with E-state index in [1.807, 2.05) is 30.1 Å². The zero-order valence-corrected chi connectivity index (χ0v) is 11.9. The zero-order valence-electron chi connectivity index (χ0n) is 10.3. The molecule has 0 amide bonds. The number of aryl methyl sites for hydroxylation is 2. The van der Waals surface area contributed by atoms with Crippen LogP contribution in [0.1, 0.15) is 27.2 Å². The minimum Gasteiger partial charge on any atom is -0.323 e. The number of fused-ring (bicyclic) bond motifs is 1. The molecule has 6 heteroatoms. The highest BCUT2D eigenvalue weighted by Gasteiger charge is 2.18. The van der Waals surface area contributed by atoms with Crippen LogP contribution in [0.5, 0.6) is 0 Å². The van der Waals surface area contributed by atoms with Gasteiger partial charge in [-0.3, -0.25) is 4.68 Å². The summed E-state index contributed by atoms with van der Waals surface area (Å²) in [5, 5.41) is 4.08. The number of thioether (sulfide) groups is 1. The van der Waals surface area contributed by atoms with Gasteiger partial charge in [0.05, 0.1) is 0 Å². The number of thiophene rings is 1. The van der Waals surface area contributed by atoms with E-state index in [4.69, 9.17) is 5.73 Å². The average molecular weight is 280 g/mol. The van der Waals surface area contributed by atoms with Crippen LogP contribution in [0.3, 0.4) is 0 Å². The molecule has 0 saturated carbocycles. The maximum absolute atomic E-state index is 6.29. The highest BCUT2D eigenvalue weighted by atomic mass is 32.2. The Bertz CT molecular complexity index is 523. The highest BCUT2D eigenvalue weighted by Crippen LogP contribution is 2.34. The third-order valence-corrected chi connectivity index (χ3v) is 5.60. The van der Waals surface area contributed by atoms with Crippen molar-refractivity contribution in [2.75, 3.05) is 5.75 Å². The van der Waals surface area contributed by atoms with Gasteiger partial charge in [-0.15, -0.1) is 11.3 Å². The monoisotopic (exact) mass is 280 g/mol. The van der Waals surface area contributed by atoms with Crippen LogP contribution in [0.4, 0.5) is 0 Å². The van der Waals surface area contributed by atoms with E-state index < -0.39 is 0 Å². The third-order valence-electron chi connectivity index (χ3n) is 3.22. The Balaban J connectivity index is 1.78. The number of aromatic nitrogens is 3.